The van der Waals surface area contributed by atoms with Crippen LogP contribution < -0.4 is 0 Å². The third-order valence-electron chi connectivity index (χ3n) is 6.19. The molecule has 144 valence electrons. The van der Waals surface area contributed by atoms with Crippen LogP contribution in [0.4, 0.5) is 0 Å². The van der Waals surface area contributed by atoms with Crippen LogP contribution in [0, 0.1) is 17.8 Å². The van der Waals surface area contributed by atoms with Crippen molar-refractivity contribution in [3.63, 3.8) is 0 Å². The molecule has 27 heavy (non-hydrogen) atoms. The Labute approximate surface area is 162 Å². The maximum Gasteiger partial charge on any atom is 0.0806 e. The van der Waals surface area contributed by atoms with E-state index in [9.17, 15) is 10.2 Å². The van der Waals surface area contributed by atoms with Gasteiger partial charge in [-0.3, -0.25) is 9.80 Å². The Morgan fingerprint density at radius 2 is 1.15 bits per heavy atom. The minimum absolute atomic E-state index is 0.130. The van der Waals surface area contributed by atoms with E-state index in [2.05, 4.69) is 70.5 Å². The zero-order valence-corrected chi connectivity index (χ0v) is 15.8. The molecule has 2 aliphatic rings. The van der Waals surface area contributed by atoms with Gasteiger partial charge in [0.1, 0.15) is 0 Å². The minimum atomic E-state index is -0.599. The van der Waals surface area contributed by atoms with Crippen molar-refractivity contribution >= 4 is 0 Å². The Morgan fingerprint density at radius 1 is 0.741 bits per heavy atom. The van der Waals surface area contributed by atoms with E-state index in [-0.39, 0.29) is 12.5 Å². The van der Waals surface area contributed by atoms with Crippen LogP contribution in [0.25, 0.3) is 0 Å². The molecule has 2 aromatic rings. The lowest BCUT2D eigenvalue weighted by atomic mass is 9.71. The van der Waals surface area contributed by atoms with Gasteiger partial charge in [-0.15, -0.1) is 0 Å². The zero-order valence-electron chi connectivity index (χ0n) is 15.8. The predicted octanol–water partition coefficient (Wildman–Crippen LogP) is 2.22. The van der Waals surface area contributed by atoms with Gasteiger partial charge in [-0.05, 0) is 28.9 Å². The molecule has 2 heterocycles. The van der Waals surface area contributed by atoms with E-state index in [0.29, 0.717) is 11.8 Å². The topological polar surface area (TPSA) is 46.9 Å². The lowest BCUT2D eigenvalue weighted by molar-refractivity contribution is -0.0923. The molecule has 0 radical (unpaired) electrons. The van der Waals surface area contributed by atoms with E-state index < -0.39 is 6.10 Å². The second-order valence-corrected chi connectivity index (χ2v) is 8.21. The highest BCUT2D eigenvalue weighted by Gasteiger charge is 2.45. The Hall–Kier alpha value is -1.72. The number of nitrogens with zero attached hydrogens (tertiary/aromatic N) is 2. The number of likely N-dealkylation sites (tertiary alicyclic amines) is 2. The molecule has 0 aliphatic carbocycles. The molecule has 0 spiro atoms. The number of hydrogen-bond donors (Lipinski definition) is 2. The van der Waals surface area contributed by atoms with E-state index >= 15 is 0 Å². The smallest absolute Gasteiger partial charge is 0.0806 e. The third-order valence-corrected chi connectivity index (χ3v) is 6.19. The van der Waals surface area contributed by atoms with Gasteiger partial charge in [0.2, 0.25) is 0 Å². The highest BCUT2D eigenvalue weighted by atomic mass is 16.3. The summed E-state index contributed by atoms with van der Waals surface area (Å²) in [4.78, 5) is 5.07. The highest BCUT2D eigenvalue weighted by molar-refractivity contribution is 5.16. The fourth-order valence-corrected chi connectivity index (χ4v) is 5.15. The Balaban J connectivity index is 1.46. The van der Waals surface area contributed by atoms with Crippen LogP contribution in [-0.4, -0.2) is 58.9 Å². The SMILES string of the molecule is OCC(O)C1C2CN(Cc3ccccc3)CC1CN(Cc1ccccc1)C2. The Morgan fingerprint density at radius 3 is 1.52 bits per heavy atom. The minimum Gasteiger partial charge on any atom is -0.394 e. The lowest BCUT2D eigenvalue weighted by Crippen LogP contribution is -2.60. The molecule has 0 aromatic heterocycles. The standard InChI is InChI=1S/C23H30N2O2/c26-17-22(27)23-20-13-24(11-18-7-3-1-4-8-18)14-21(23)16-25(15-20)12-19-9-5-2-6-10-19/h1-10,20-23,26-27H,11-17H2. The lowest BCUT2D eigenvalue weighted by Gasteiger charge is -2.52. The first-order valence-electron chi connectivity index (χ1n) is 10.0. The summed E-state index contributed by atoms with van der Waals surface area (Å²) >= 11 is 0. The molecule has 4 heteroatoms. The van der Waals surface area contributed by atoms with Crippen molar-refractivity contribution in [1.82, 2.24) is 9.80 Å². The van der Waals surface area contributed by atoms with Gasteiger partial charge in [0.25, 0.3) is 0 Å². The monoisotopic (exact) mass is 366 g/mol. The summed E-state index contributed by atoms with van der Waals surface area (Å²) in [7, 11) is 0. The molecule has 1 unspecified atom stereocenters. The summed E-state index contributed by atoms with van der Waals surface area (Å²) in [5, 5.41) is 20.0. The van der Waals surface area contributed by atoms with Gasteiger partial charge in [-0.1, -0.05) is 60.7 Å². The maximum absolute atomic E-state index is 10.5. The predicted molar refractivity (Wildman–Crippen MR) is 107 cm³/mol. The first-order chi connectivity index (χ1) is 13.2. The van der Waals surface area contributed by atoms with Crippen molar-refractivity contribution in [1.29, 1.82) is 0 Å². The number of fused-ring (bicyclic) bond motifs is 2. The van der Waals surface area contributed by atoms with Gasteiger partial charge in [-0.2, -0.15) is 0 Å². The average molecular weight is 367 g/mol. The molecule has 2 saturated heterocycles. The first-order valence-corrected chi connectivity index (χ1v) is 10.0. The second kappa shape index (κ2) is 8.53. The number of benzene rings is 2. The summed E-state index contributed by atoms with van der Waals surface area (Å²) in [6.07, 6.45) is -0.599. The average Bonchev–Trinajstić information content (AvgIpc) is 2.68. The quantitative estimate of drug-likeness (QED) is 0.823. The van der Waals surface area contributed by atoms with E-state index in [0.717, 1.165) is 39.3 Å². The number of hydrogen-bond acceptors (Lipinski definition) is 4. The highest BCUT2D eigenvalue weighted by Crippen LogP contribution is 2.37. The molecule has 1 atom stereocenters. The number of aliphatic hydroxyl groups excluding tert-OH is 2. The second-order valence-electron chi connectivity index (χ2n) is 8.21. The molecule has 4 nitrogen and oxygen atoms in total. The van der Waals surface area contributed by atoms with Crippen molar-refractivity contribution < 1.29 is 10.2 Å². The Bertz CT molecular complexity index is 639. The molecule has 0 saturated carbocycles. The number of rotatable bonds is 6. The maximum atomic E-state index is 10.5. The molecule has 2 aromatic carbocycles. The van der Waals surface area contributed by atoms with Crippen molar-refractivity contribution in [2.75, 3.05) is 32.8 Å². The van der Waals surface area contributed by atoms with E-state index in [1.54, 1.807) is 0 Å². The van der Waals surface area contributed by atoms with E-state index in [1.807, 2.05) is 0 Å². The van der Waals surface area contributed by atoms with Gasteiger partial charge in [0.15, 0.2) is 0 Å². The van der Waals surface area contributed by atoms with Crippen LogP contribution in [0.3, 0.4) is 0 Å². The molecular formula is C23H30N2O2. The molecule has 2 fully saturated rings. The zero-order chi connectivity index (χ0) is 18.6. The number of aliphatic hydroxyl groups is 2. The van der Waals surface area contributed by atoms with Crippen LogP contribution in [0.1, 0.15) is 11.1 Å². The van der Waals surface area contributed by atoms with Crippen LogP contribution in [0.5, 0.6) is 0 Å². The van der Waals surface area contributed by atoms with Crippen molar-refractivity contribution in [3.05, 3.63) is 71.8 Å². The molecule has 2 aliphatic heterocycles. The summed E-state index contributed by atoms with van der Waals surface area (Å²) < 4.78 is 0. The fourth-order valence-electron chi connectivity index (χ4n) is 5.15. The van der Waals surface area contributed by atoms with Crippen molar-refractivity contribution in [2.24, 2.45) is 17.8 Å². The van der Waals surface area contributed by atoms with Gasteiger partial charge in [0.05, 0.1) is 12.7 Å². The normalized spacial score (nSPS) is 27.4. The van der Waals surface area contributed by atoms with Crippen molar-refractivity contribution in [3.8, 4) is 0 Å². The largest absolute Gasteiger partial charge is 0.394 e. The van der Waals surface area contributed by atoms with Gasteiger partial charge < -0.3 is 10.2 Å². The number of piperidine rings is 2. The third kappa shape index (κ3) is 4.41. The van der Waals surface area contributed by atoms with Gasteiger partial charge >= 0.3 is 0 Å². The van der Waals surface area contributed by atoms with Crippen LogP contribution >= 0.6 is 0 Å². The summed E-state index contributed by atoms with van der Waals surface area (Å²) in [6.45, 7) is 5.74. The molecule has 2 N–H and O–H groups in total. The molecule has 2 bridgehead atoms. The van der Waals surface area contributed by atoms with Gasteiger partial charge in [-0.25, -0.2) is 0 Å². The summed E-state index contributed by atoms with van der Waals surface area (Å²) in [5.41, 5.74) is 2.69. The van der Waals surface area contributed by atoms with Crippen LogP contribution in [0.2, 0.25) is 0 Å². The van der Waals surface area contributed by atoms with Crippen LogP contribution in [0.15, 0.2) is 60.7 Å². The van der Waals surface area contributed by atoms with Crippen LogP contribution in [-0.2, 0) is 13.1 Å². The first kappa shape index (κ1) is 18.6. The summed E-state index contributed by atoms with van der Waals surface area (Å²) in [5.74, 6) is 0.994. The molecular weight excluding hydrogens is 336 g/mol. The fraction of sp³-hybridized carbons (Fsp3) is 0.478. The van der Waals surface area contributed by atoms with E-state index in [1.165, 1.54) is 11.1 Å². The Kier molecular flexibility index (Phi) is 5.89. The summed E-state index contributed by atoms with van der Waals surface area (Å²) in [6, 6.07) is 21.3. The van der Waals surface area contributed by atoms with Crippen molar-refractivity contribution in [2.45, 2.75) is 19.2 Å². The molecule has 0 amide bonds. The van der Waals surface area contributed by atoms with E-state index in [4.69, 9.17) is 0 Å². The molecule has 4 rings (SSSR count). The van der Waals surface area contributed by atoms with Gasteiger partial charge in [0, 0.05) is 39.3 Å².